The van der Waals surface area contributed by atoms with E-state index in [4.69, 9.17) is 5.73 Å². The van der Waals surface area contributed by atoms with Crippen molar-refractivity contribution in [3.05, 3.63) is 72.1 Å². The average Bonchev–Trinajstić information content (AvgIpc) is 2.69. The van der Waals surface area contributed by atoms with E-state index >= 15 is 0 Å². The third kappa shape index (κ3) is 4.42. The van der Waals surface area contributed by atoms with Crippen molar-refractivity contribution in [2.45, 2.75) is 6.92 Å². The number of anilines is 4. The number of nitrogens with one attached hydrogen (secondary N) is 2. The van der Waals surface area contributed by atoms with Crippen LogP contribution in [0.2, 0.25) is 0 Å². The minimum Gasteiger partial charge on any atom is -0.384 e. The van der Waals surface area contributed by atoms with Crippen molar-refractivity contribution in [1.29, 1.82) is 0 Å². The minimum absolute atomic E-state index is 0.264. The van der Waals surface area contributed by atoms with Crippen LogP contribution >= 0.6 is 0 Å². The van der Waals surface area contributed by atoms with Gasteiger partial charge in [-0.15, -0.1) is 0 Å². The molecule has 0 aliphatic heterocycles. The van der Waals surface area contributed by atoms with E-state index in [9.17, 15) is 9.59 Å². The van der Waals surface area contributed by atoms with Crippen molar-refractivity contribution in [3.63, 3.8) is 0 Å². The van der Waals surface area contributed by atoms with E-state index in [2.05, 4.69) is 20.6 Å². The quantitative estimate of drug-likeness (QED) is 0.647. The Labute approximate surface area is 162 Å². The number of urea groups is 1. The summed E-state index contributed by atoms with van der Waals surface area (Å²) >= 11 is 0. The number of carbonyl (C=O) groups excluding carboxylic acids is 2. The zero-order chi connectivity index (χ0) is 20.1. The highest BCUT2D eigenvalue weighted by atomic mass is 16.2. The lowest BCUT2D eigenvalue weighted by Gasteiger charge is -2.18. The summed E-state index contributed by atoms with van der Waals surface area (Å²) in [5, 5.41) is 5.61. The molecule has 0 unspecified atom stereocenters. The van der Waals surface area contributed by atoms with E-state index in [0.717, 1.165) is 5.56 Å². The highest BCUT2D eigenvalue weighted by molar-refractivity contribution is 6.06. The molecule has 0 fully saturated rings. The van der Waals surface area contributed by atoms with Gasteiger partial charge in [0.15, 0.2) is 0 Å². The van der Waals surface area contributed by atoms with Gasteiger partial charge in [0.2, 0.25) is 0 Å². The van der Waals surface area contributed by atoms with Crippen molar-refractivity contribution in [2.75, 3.05) is 28.3 Å². The molecule has 8 nitrogen and oxygen atoms in total. The first-order chi connectivity index (χ1) is 13.4. The van der Waals surface area contributed by atoms with Gasteiger partial charge in [0.05, 0.1) is 0 Å². The van der Waals surface area contributed by atoms with Crippen LogP contribution in [0, 0.1) is 6.92 Å². The molecule has 2 aromatic carbocycles. The fraction of sp³-hybridized carbons (Fsp3) is 0.100. The number of aromatic nitrogens is 2. The number of amides is 3. The topological polar surface area (TPSA) is 113 Å². The van der Waals surface area contributed by atoms with E-state index in [-0.39, 0.29) is 11.7 Å². The summed E-state index contributed by atoms with van der Waals surface area (Å²) in [6.45, 7) is 1.84. The number of benzene rings is 2. The number of aryl methyl sites for hydroxylation is 1. The summed E-state index contributed by atoms with van der Waals surface area (Å²) in [4.78, 5) is 34.2. The molecule has 8 heteroatoms. The van der Waals surface area contributed by atoms with Crippen molar-refractivity contribution in [3.8, 4) is 0 Å². The number of rotatable bonds is 4. The maximum absolute atomic E-state index is 12.6. The predicted molar refractivity (Wildman–Crippen MR) is 109 cm³/mol. The molecule has 0 spiro atoms. The van der Waals surface area contributed by atoms with Crippen molar-refractivity contribution >= 4 is 34.9 Å². The summed E-state index contributed by atoms with van der Waals surface area (Å²) in [6, 6.07) is 15.4. The third-order valence-electron chi connectivity index (χ3n) is 4.10. The van der Waals surface area contributed by atoms with Gasteiger partial charge in [0.1, 0.15) is 18.0 Å². The van der Waals surface area contributed by atoms with Crippen LogP contribution in [0.4, 0.5) is 27.8 Å². The molecular weight excluding hydrogens is 356 g/mol. The molecular formula is C20H20N6O2. The molecule has 142 valence electrons. The summed E-state index contributed by atoms with van der Waals surface area (Å²) in [5.41, 5.74) is 8.11. The van der Waals surface area contributed by atoms with Crippen LogP contribution < -0.4 is 21.3 Å². The van der Waals surface area contributed by atoms with Gasteiger partial charge in [-0.25, -0.2) is 14.8 Å². The molecule has 0 atom stereocenters. The molecule has 4 N–H and O–H groups in total. The first-order valence-electron chi connectivity index (χ1n) is 8.53. The molecule has 0 bridgehead atoms. The Kier molecular flexibility index (Phi) is 5.50. The molecule has 3 amide bonds. The Bertz CT molecular complexity index is 1010. The van der Waals surface area contributed by atoms with Gasteiger partial charge in [0, 0.05) is 30.1 Å². The average molecular weight is 376 g/mol. The number of nitrogens with two attached hydrogens (primary N) is 1. The Morgan fingerprint density at radius 2 is 1.75 bits per heavy atom. The monoisotopic (exact) mass is 376 g/mol. The Hall–Kier alpha value is -3.94. The van der Waals surface area contributed by atoms with E-state index in [1.807, 2.05) is 25.1 Å². The Morgan fingerprint density at radius 1 is 1.00 bits per heavy atom. The van der Waals surface area contributed by atoms with Gasteiger partial charge < -0.3 is 16.4 Å². The van der Waals surface area contributed by atoms with Crippen LogP contribution in [0.25, 0.3) is 0 Å². The number of nitrogen functional groups attached to an aromatic ring is 1. The Morgan fingerprint density at radius 3 is 2.46 bits per heavy atom. The van der Waals surface area contributed by atoms with Gasteiger partial charge >= 0.3 is 6.03 Å². The lowest BCUT2D eigenvalue weighted by Crippen LogP contribution is -2.32. The fourth-order valence-electron chi connectivity index (χ4n) is 2.47. The lowest BCUT2D eigenvalue weighted by molar-refractivity contribution is 0.102. The highest BCUT2D eigenvalue weighted by Crippen LogP contribution is 2.20. The second-order valence-electron chi connectivity index (χ2n) is 6.14. The standard InChI is InChI=1S/C20H20N6O2/c1-13-8-9-14(19(27)24-15-6-4-3-5-7-15)10-16(13)25-20(28)26(2)18-11-17(21)22-12-23-18/h3-12H,1-2H3,(H,24,27)(H,25,28)(H2,21,22,23). The molecule has 1 heterocycles. The SMILES string of the molecule is Cc1ccc(C(=O)Nc2ccccc2)cc1NC(=O)N(C)c1cc(N)ncn1. The normalized spacial score (nSPS) is 10.2. The molecule has 3 rings (SSSR count). The number of hydrogen-bond acceptors (Lipinski definition) is 5. The lowest BCUT2D eigenvalue weighted by atomic mass is 10.1. The van der Waals surface area contributed by atoms with Crippen molar-refractivity contribution < 1.29 is 9.59 Å². The molecule has 0 aliphatic carbocycles. The van der Waals surface area contributed by atoms with Gasteiger partial charge in [-0.1, -0.05) is 24.3 Å². The first kappa shape index (κ1) is 18.8. The minimum atomic E-state index is -0.415. The van der Waals surface area contributed by atoms with Gasteiger partial charge in [-0.2, -0.15) is 0 Å². The number of nitrogens with zero attached hydrogens (tertiary/aromatic N) is 3. The molecule has 1 aromatic heterocycles. The van der Waals surface area contributed by atoms with E-state index < -0.39 is 6.03 Å². The van der Waals surface area contributed by atoms with Crippen LogP contribution in [0.5, 0.6) is 0 Å². The molecule has 0 radical (unpaired) electrons. The second kappa shape index (κ2) is 8.17. The zero-order valence-corrected chi connectivity index (χ0v) is 15.5. The smallest absolute Gasteiger partial charge is 0.327 e. The van der Waals surface area contributed by atoms with E-state index in [1.165, 1.54) is 17.3 Å². The molecule has 3 aromatic rings. The maximum Gasteiger partial charge on any atom is 0.327 e. The van der Waals surface area contributed by atoms with E-state index in [0.29, 0.717) is 22.8 Å². The van der Waals surface area contributed by atoms with Crippen LogP contribution in [-0.4, -0.2) is 29.0 Å². The van der Waals surface area contributed by atoms with Crippen LogP contribution in [0.3, 0.4) is 0 Å². The largest absolute Gasteiger partial charge is 0.384 e. The highest BCUT2D eigenvalue weighted by Gasteiger charge is 2.15. The number of carbonyl (C=O) groups is 2. The van der Waals surface area contributed by atoms with Gasteiger partial charge in [-0.05, 0) is 36.8 Å². The summed E-state index contributed by atoms with van der Waals surface area (Å²) in [7, 11) is 1.57. The summed E-state index contributed by atoms with van der Waals surface area (Å²) in [5.74, 6) is 0.361. The predicted octanol–water partition coefficient (Wildman–Crippen LogP) is 3.29. The fourth-order valence-corrected chi connectivity index (χ4v) is 2.47. The number of para-hydroxylation sites is 1. The first-order valence-corrected chi connectivity index (χ1v) is 8.53. The third-order valence-corrected chi connectivity index (χ3v) is 4.10. The van der Waals surface area contributed by atoms with Crippen LogP contribution in [0.15, 0.2) is 60.9 Å². The Balaban J connectivity index is 1.76. The molecule has 0 saturated carbocycles. The van der Waals surface area contributed by atoms with E-state index in [1.54, 1.807) is 37.4 Å². The molecule has 28 heavy (non-hydrogen) atoms. The van der Waals surface area contributed by atoms with Crippen molar-refractivity contribution in [2.24, 2.45) is 0 Å². The van der Waals surface area contributed by atoms with Crippen LogP contribution in [0.1, 0.15) is 15.9 Å². The second-order valence-corrected chi connectivity index (χ2v) is 6.14. The maximum atomic E-state index is 12.6. The molecule has 0 aliphatic rings. The van der Waals surface area contributed by atoms with Gasteiger partial charge in [0.25, 0.3) is 5.91 Å². The molecule has 0 saturated heterocycles. The number of hydrogen-bond donors (Lipinski definition) is 3. The van der Waals surface area contributed by atoms with Crippen LogP contribution in [-0.2, 0) is 0 Å². The summed E-state index contributed by atoms with van der Waals surface area (Å²) < 4.78 is 0. The van der Waals surface area contributed by atoms with Crippen molar-refractivity contribution in [1.82, 2.24) is 9.97 Å². The van der Waals surface area contributed by atoms with Gasteiger partial charge in [-0.3, -0.25) is 9.69 Å². The summed E-state index contributed by atoms with van der Waals surface area (Å²) in [6.07, 6.45) is 1.29. The zero-order valence-electron chi connectivity index (χ0n) is 15.5.